The van der Waals surface area contributed by atoms with Gasteiger partial charge in [0.2, 0.25) is 11.8 Å². The first-order valence-electron chi connectivity index (χ1n) is 6.08. The van der Waals surface area contributed by atoms with E-state index in [0.717, 1.165) is 17.1 Å². The van der Waals surface area contributed by atoms with Gasteiger partial charge in [-0.3, -0.25) is 19.5 Å². The Morgan fingerprint density at radius 3 is 2.72 bits per heavy atom. The summed E-state index contributed by atoms with van der Waals surface area (Å²) in [7, 11) is 0. The molecule has 0 bridgehead atoms. The van der Waals surface area contributed by atoms with E-state index >= 15 is 0 Å². The lowest BCUT2D eigenvalue weighted by molar-refractivity contribution is -0.131. The molecule has 1 aromatic rings. The van der Waals surface area contributed by atoms with Gasteiger partial charge in [-0.25, -0.2) is 0 Å². The molecule has 1 N–H and O–H groups in total. The Bertz CT molecular complexity index is 499. The fourth-order valence-electron chi connectivity index (χ4n) is 2.26. The molecule has 2 amide bonds. The standard InChI is InChI=1S/C13H17N3O2/c1-4-10-13(18)14-7-12(17)16(10)11-6-5-8(2)15-9(11)3/h5-6,10H,4,7H2,1-3H3,(H,14,18). The second-order valence-corrected chi connectivity index (χ2v) is 4.46. The van der Waals surface area contributed by atoms with Gasteiger partial charge in [0.05, 0.1) is 17.9 Å². The molecule has 1 saturated heterocycles. The smallest absolute Gasteiger partial charge is 0.247 e. The summed E-state index contributed by atoms with van der Waals surface area (Å²) in [5, 5.41) is 2.61. The van der Waals surface area contributed by atoms with Gasteiger partial charge in [0.15, 0.2) is 0 Å². The summed E-state index contributed by atoms with van der Waals surface area (Å²) in [5.74, 6) is -0.188. The van der Waals surface area contributed by atoms with Crippen molar-refractivity contribution in [1.82, 2.24) is 10.3 Å². The number of carbonyl (C=O) groups excluding carboxylic acids is 2. The zero-order valence-corrected chi connectivity index (χ0v) is 10.9. The van der Waals surface area contributed by atoms with Gasteiger partial charge in [-0.05, 0) is 32.4 Å². The van der Waals surface area contributed by atoms with Crippen LogP contribution in [0.4, 0.5) is 5.69 Å². The summed E-state index contributed by atoms with van der Waals surface area (Å²) in [5.41, 5.74) is 2.40. The maximum Gasteiger partial charge on any atom is 0.247 e. The average Bonchev–Trinajstić information content (AvgIpc) is 2.33. The van der Waals surface area contributed by atoms with E-state index in [0.29, 0.717) is 6.42 Å². The van der Waals surface area contributed by atoms with Gasteiger partial charge >= 0.3 is 0 Å². The molecule has 0 spiro atoms. The number of anilines is 1. The molecule has 1 atom stereocenters. The second-order valence-electron chi connectivity index (χ2n) is 4.46. The molecule has 2 heterocycles. The summed E-state index contributed by atoms with van der Waals surface area (Å²) < 4.78 is 0. The number of carbonyl (C=O) groups is 2. The van der Waals surface area contributed by atoms with Crippen molar-refractivity contribution in [3.63, 3.8) is 0 Å². The molecule has 5 nitrogen and oxygen atoms in total. The molecule has 96 valence electrons. The summed E-state index contributed by atoms with van der Waals surface area (Å²) in [6.07, 6.45) is 0.588. The molecule has 0 aliphatic carbocycles. The highest BCUT2D eigenvalue weighted by molar-refractivity contribution is 6.06. The lowest BCUT2D eigenvalue weighted by atomic mass is 10.1. The van der Waals surface area contributed by atoms with Crippen LogP contribution in [-0.4, -0.2) is 29.4 Å². The Kier molecular flexibility index (Phi) is 3.32. The van der Waals surface area contributed by atoms with Crippen LogP contribution in [0.3, 0.4) is 0 Å². The first-order valence-corrected chi connectivity index (χ1v) is 6.08. The number of nitrogens with one attached hydrogen (secondary N) is 1. The molecule has 1 unspecified atom stereocenters. The van der Waals surface area contributed by atoms with Gasteiger partial charge in [0, 0.05) is 5.69 Å². The topological polar surface area (TPSA) is 62.3 Å². The van der Waals surface area contributed by atoms with Crippen LogP contribution >= 0.6 is 0 Å². The van der Waals surface area contributed by atoms with E-state index < -0.39 is 6.04 Å². The van der Waals surface area contributed by atoms with E-state index in [-0.39, 0.29) is 18.4 Å². The molecule has 0 saturated carbocycles. The fourth-order valence-corrected chi connectivity index (χ4v) is 2.26. The van der Waals surface area contributed by atoms with Crippen LogP contribution in [0, 0.1) is 13.8 Å². The second kappa shape index (κ2) is 4.76. The molecule has 1 aromatic heterocycles. The summed E-state index contributed by atoms with van der Waals surface area (Å²) in [6, 6.07) is 3.28. The number of amides is 2. The van der Waals surface area contributed by atoms with Crippen molar-refractivity contribution in [2.45, 2.75) is 33.2 Å². The lowest BCUT2D eigenvalue weighted by Gasteiger charge is -2.35. The summed E-state index contributed by atoms with van der Waals surface area (Å²) >= 11 is 0. The maximum atomic E-state index is 12.0. The highest BCUT2D eigenvalue weighted by Gasteiger charge is 2.34. The number of aromatic nitrogens is 1. The van der Waals surface area contributed by atoms with Crippen molar-refractivity contribution in [2.75, 3.05) is 11.4 Å². The molecule has 18 heavy (non-hydrogen) atoms. The highest BCUT2D eigenvalue weighted by atomic mass is 16.2. The highest BCUT2D eigenvalue weighted by Crippen LogP contribution is 2.24. The predicted octanol–water partition coefficient (Wildman–Crippen LogP) is 0.940. The van der Waals surface area contributed by atoms with Crippen LogP contribution in [0.2, 0.25) is 0 Å². The first kappa shape index (κ1) is 12.5. The van der Waals surface area contributed by atoms with E-state index in [1.807, 2.05) is 32.9 Å². The van der Waals surface area contributed by atoms with Crippen molar-refractivity contribution in [3.05, 3.63) is 23.5 Å². The molecular formula is C13H17N3O2. The summed E-state index contributed by atoms with van der Waals surface area (Å²) in [4.78, 5) is 29.8. The van der Waals surface area contributed by atoms with Crippen LogP contribution in [0.15, 0.2) is 12.1 Å². The zero-order chi connectivity index (χ0) is 13.3. The van der Waals surface area contributed by atoms with Gasteiger partial charge in [-0.1, -0.05) is 6.92 Å². The van der Waals surface area contributed by atoms with Crippen molar-refractivity contribution in [1.29, 1.82) is 0 Å². The molecule has 1 fully saturated rings. The Balaban J connectivity index is 2.44. The molecule has 1 aliphatic heterocycles. The van der Waals surface area contributed by atoms with Crippen molar-refractivity contribution < 1.29 is 9.59 Å². The predicted molar refractivity (Wildman–Crippen MR) is 68.3 cm³/mol. The van der Waals surface area contributed by atoms with Crippen LogP contribution < -0.4 is 10.2 Å². The number of rotatable bonds is 2. The fraction of sp³-hybridized carbons (Fsp3) is 0.462. The number of hydrogen-bond acceptors (Lipinski definition) is 3. The third kappa shape index (κ3) is 2.08. The zero-order valence-electron chi connectivity index (χ0n) is 10.9. The molecule has 2 rings (SSSR count). The Morgan fingerprint density at radius 2 is 2.11 bits per heavy atom. The number of pyridine rings is 1. The van der Waals surface area contributed by atoms with Crippen LogP contribution in [0.5, 0.6) is 0 Å². The first-order chi connectivity index (χ1) is 8.54. The van der Waals surface area contributed by atoms with Crippen molar-refractivity contribution in [3.8, 4) is 0 Å². The third-order valence-electron chi connectivity index (χ3n) is 3.14. The van der Waals surface area contributed by atoms with Crippen LogP contribution in [0.25, 0.3) is 0 Å². The SMILES string of the molecule is CCC1C(=O)NCC(=O)N1c1ccc(C)nc1C. The quantitative estimate of drug-likeness (QED) is 0.846. The van der Waals surface area contributed by atoms with E-state index in [9.17, 15) is 9.59 Å². The van der Waals surface area contributed by atoms with Gasteiger partial charge in [0.1, 0.15) is 6.04 Å². The van der Waals surface area contributed by atoms with Crippen molar-refractivity contribution in [2.24, 2.45) is 0 Å². The molecular weight excluding hydrogens is 230 g/mol. The number of aryl methyl sites for hydroxylation is 2. The normalized spacial score (nSPS) is 19.9. The molecule has 1 aliphatic rings. The van der Waals surface area contributed by atoms with Gasteiger partial charge < -0.3 is 5.32 Å². The number of hydrogen-bond donors (Lipinski definition) is 1. The minimum Gasteiger partial charge on any atom is -0.345 e. The van der Waals surface area contributed by atoms with E-state index in [4.69, 9.17) is 0 Å². The Labute approximate surface area is 106 Å². The maximum absolute atomic E-state index is 12.0. The Hall–Kier alpha value is -1.91. The molecule has 0 radical (unpaired) electrons. The Morgan fingerprint density at radius 1 is 1.39 bits per heavy atom. The van der Waals surface area contributed by atoms with Gasteiger partial charge in [0.25, 0.3) is 0 Å². The number of piperazine rings is 1. The monoisotopic (exact) mass is 247 g/mol. The van der Waals surface area contributed by atoms with E-state index in [1.54, 1.807) is 4.90 Å². The van der Waals surface area contributed by atoms with Gasteiger partial charge in [-0.15, -0.1) is 0 Å². The molecule has 5 heteroatoms. The minimum absolute atomic E-state index is 0.0582. The largest absolute Gasteiger partial charge is 0.345 e. The van der Waals surface area contributed by atoms with Crippen molar-refractivity contribution >= 4 is 17.5 Å². The van der Waals surface area contributed by atoms with Gasteiger partial charge in [-0.2, -0.15) is 0 Å². The van der Waals surface area contributed by atoms with Crippen LogP contribution in [-0.2, 0) is 9.59 Å². The van der Waals surface area contributed by atoms with E-state index in [2.05, 4.69) is 10.3 Å². The third-order valence-corrected chi connectivity index (χ3v) is 3.14. The van der Waals surface area contributed by atoms with E-state index in [1.165, 1.54) is 0 Å². The van der Waals surface area contributed by atoms with Crippen LogP contribution in [0.1, 0.15) is 24.7 Å². The molecule has 0 aromatic carbocycles. The average molecular weight is 247 g/mol. The minimum atomic E-state index is -0.436. The summed E-state index contributed by atoms with van der Waals surface area (Å²) in [6.45, 7) is 5.71. The lowest BCUT2D eigenvalue weighted by Crippen LogP contribution is -2.58. The number of nitrogens with zero attached hydrogens (tertiary/aromatic N) is 2.